The Hall–Kier alpha value is -2.97. The molecule has 1 spiro atoms. The van der Waals surface area contributed by atoms with Gasteiger partial charge in [0, 0.05) is 13.1 Å². The van der Waals surface area contributed by atoms with E-state index in [2.05, 4.69) is 13.2 Å². The second kappa shape index (κ2) is 11.8. The summed E-state index contributed by atoms with van der Waals surface area (Å²) in [5, 5.41) is 10.4. The number of likely N-dealkylation sites (tertiary alicyclic amines) is 1. The summed E-state index contributed by atoms with van der Waals surface area (Å²) in [5.74, 6) is -2.46. The fourth-order valence-electron chi connectivity index (χ4n) is 6.56. The lowest BCUT2D eigenvalue weighted by atomic mass is 9.70. The Morgan fingerprint density at radius 2 is 2.00 bits per heavy atom. The molecule has 4 rings (SSSR count). The van der Waals surface area contributed by atoms with Crippen molar-refractivity contribution in [3.8, 4) is 0 Å². The van der Waals surface area contributed by atoms with Crippen molar-refractivity contribution in [2.45, 2.75) is 69.9 Å². The predicted molar refractivity (Wildman–Crippen MR) is 143 cm³/mol. The van der Waals surface area contributed by atoms with Gasteiger partial charge in [-0.25, -0.2) is 0 Å². The first-order valence-electron chi connectivity index (χ1n) is 13.6. The Balaban J connectivity index is 1.73. The maximum absolute atomic E-state index is 14.4. The maximum Gasteiger partial charge on any atom is 0.312 e. The van der Waals surface area contributed by atoms with E-state index in [0.717, 1.165) is 5.56 Å². The van der Waals surface area contributed by atoms with E-state index in [1.165, 1.54) is 0 Å². The van der Waals surface area contributed by atoms with E-state index in [0.29, 0.717) is 32.2 Å². The van der Waals surface area contributed by atoms with Gasteiger partial charge in [-0.05, 0) is 37.2 Å². The highest BCUT2D eigenvalue weighted by Crippen LogP contribution is 2.59. The van der Waals surface area contributed by atoms with E-state index in [1.807, 2.05) is 44.2 Å². The first-order valence-corrected chi connectivity index (χ1v) is 13.6. The van der Waals surface area contributed by atoms with E-state index in [1.54, 1.807) is 22.0 Å². The molecule has 3 heterocycles. The summed E-state index contributed by atoms with van der Waals surface area (Å²) in [6, 6.07) is 8.13. The zero-order chi connectivity index (χ0) is 27.4. The minimum atomic E-state index is -1.14. The molecule has 0 radical (unpaired) electrons. The first kappa shape index (κ1) is 28.0. The summed E-state index contributed by atoms with van der Waals surface area (Å²) < 4.78 is 12.0. The smallest absolute Gasteiger partial charge is 0.312 e. The number of aliphatic hydroxyl groups is 1. The number of ether oxygens (including phenoxy) is 2. The molecule has 3 fully saturated rings. The minimum Gasteiger partial charge on any atom is -0.465 e. The van der Waals surface area contributed by atoms with Crippen LogP contribution >= 0.6 is 0 Å². The van der Waals surface area contributed by atoms with Crippen molar-refractivity contribution in [3.05, 3.63) is 61.2 Å². The molecule has 6 atom stereocenters. The van der Waals surface area contributed by atoms with Gasteiger partial charge >= 0.3 is 5.97 Å². The number of rotatable bonds is 13. The summed E-state index contributed by atoms with van der Waals surface area (Å²) in [4.78, 5) is 45.0. The second-order valence-corrected chi connectivity index (χ2v) is 11.0. The van der Waals surface area contributed by atoms with Gasteiger partial charge in [-0.1, -0.05) is 56.3 Å². The number of nitrogens with zero attached hydrogens (tertiary/aromatic N) is 2. The van der Waals surface area contributed by atoms with Crippen LogP contribution in [0.25, 0.3) is 0 Å². The van der Waals surface area contributed by atoms with E-state index < -0.39 is 41.6 Å². The molecule has 3 aliphatic heterocycles. The Bertz CT molecular complexity index is 1040. The molecule has 8 nitrogen and oxygen atoms in total. The van der Waals surface area contributed by atoms with Crippen molar-refractivity contribution in [2.24, 2.45) is 17.8 Å². The quantitative estimate of drug-likeness (QED) is 0.242. The van der Waals surface area contributed by atoms with Gasteiger partial charge in [-0.3, -0.25) is 14.4 Å². The Kier molecular flexibility index (Phi) is 8.73. The zero-order valence-corrected chi connectivity index (χ0v) is 22.5. The maximum atomic E-state index is 14.4. The molecule has 0 aliphatic carbocycles. The Morgan fingerprint density at radius 3 is 2.63 bits per heavy atom. The molecular formula is C30H40N2O6. The summed E-state index contributed by atoms with van der Waals surface area (Å²) >= 11 is 0. The van der Waals surface area contributed by atoms with Gasteiger partial charge in [0.2, 0.25) is 11.8 Å². The topological polar surface area (TPSA) is 96.4 Å². The van der Waals surface area contributed by atoms with Gasteiger partial charge in [0.05, 0.1) is 37.2 Å². The molecule has 2 amide bonds. The molecule has 0 saturated carbocycles. The van der Waals surface area contributed by atoms with Gasteiger partial charge in [-0.15, -0.1) is 13.2 Å². The van der Waals surface area contributed by atoms with Crippen LogP contribution in [-0.2, 0) is 30.4 Å². The molecule has 3 aliphatic rings. The van der Waals surface area contributed by atoms with Gasteiger partial charge in [0.15, 0.2) is 0 Å². The van der Waals surface area contributed by atoms with E-state index in [4.69, 9.17) is 9.47 Å². The number of aliphatic hydroxyl groups excluding tert-OH is 1. The number of benzene rings is 1. The summed E-state index contributed by atoms with van der Waals surface area (Å²) in [6.45, 7) is 12.1. The molecule has 0 aromatic heterocycles. The molecule has 2 unspecified atom stereocenters. The first-order chi connectivity index (χ1) is 18.3. The van der Waals surface area contributed by atoms with Crippen LogP contribution in [0.2, 0.25) is 0 Å². The molecular weight excluding hydrogens is 484 g/mol. The average Bonchev–Trinajstić information content (AvgIpc) is 3.54. The lowest BCUT2D eigenvalue weighted by Gasteiger charge is -2.39. The lowest BCUT2D eigenvalue weighted by molar-refractivity contribution is -0.156. The normalized spacial score (nSPS) is 28.3. The van der Waals surface area contributed by atoms with Crippen LogP contribution in [0.4, 0.5) is 0 Å². The molecule has 1 aromatic rings. The predicted octanol–water partition coefficient (Wildman–Crippen LogP) is 3.10. The highest BCUT2D eigenvalue weighted by Gasteiger charge is 2.75. The van der Waals surface area contributed by atoms with Crippen molar-refractivity contribution < 1.29 is 29.0 Å². The average molecular weight is 525 g/mol. The van der Waals surface area contributed by atoms with Crippen molar-refractivity contribution in [2.75, 3.05) is 19.8 Å². The fraction of sp³-hybridized carbons (Fsp3) is 0.567. The number of hydrogen-bond acceptors (Lipinski definition) is 6. The van der Waals surface area contributed by atoms with E-state index >= 15 is 0 Å². The Labute approximate surface area is 225 Å². The fourth-order valence-corrected chi connectivity index (χ4v) is 6.56. The number of esters is 1. The van der Waals surface area contributed by atoms with Crippen molar-refractivity contribution in [1.82, 2.24) is 9.80 Å². The van der Waals surface area contributed by atoms with Crippen molar-refractivity contribution in [3.63, 3.8) is 0 Å². The number of hydrogen-bond donors (Lipinski definition) is 1. The molecule has 206 valence electrons. The number of fused-ring (bicyclic) bond motifs is 1. The van der Waals surface area contributed by atoms with Gasteiger partial charge < -0.3 is 24.4 Å². The van der Waals surface area contributed by atoms with Gasteiger partial charge in [0.25, 0.3) is 0 Å². The zero-order valence-electron chi connectivity index (χ0n) is 22.5. The molecule has 1 aromatic carbocycles. The van der Waals surface area contributed by atoms with Gasteiger partial charge in [0.1, 0.15) is 11.6 Å². The van der Waals surface area contributed by atoms with Crippen molar-refractivity contribution in [1.29, 1.82) is 0 Å². The summed E-state index contributed by atoms with van der Waals surface area (Å²) in [7, 11) is 0. The molecule has 1 N–H and O–H groups in total. The third kappa shape index (κ3) is 5.04. The standard InChI is InChI=1S/C30H40N2O6/c1-5-7-16-37-29(36)24-23-13-14-30(38-23)25(24)27(34)32(22(19-33)17-20(3)4)26(30)28(35)31(15-6-2)18-21-11-9-8-10-12-21/h5-6,8-12,20,22-26,33H,1-2,7,13-19H2,3-4H3/t22-,23+,24-,25+,26?,30?/m1/s1. The van der Waals surface area contributed by atoms with Crippen LogP contribution < -0.4 is 0 Å². The van der Waals surface area contributed by atoms with Gasteiger partial charge in [-0.2, -0.15) is 0 Å². The molecule has 8 heteroatoms. The molecule has 2 bridgehead atoms. The minimum absolute atomic E-state index is 0.180. The second-order valence-electron chi connectivity index (χ2n) is 11.0. The highest BCUT2D eigenvalue weighted by molar-refractivity contribution is 5.98. The third-order valence-electron chi connectivity index (χ3n) is 8.04. The number of carbonyl (C=O) groups is 3. The number of amides is 2. The summed E-state index contributed by atoms with van der Waals surface area (Å²) in [6.07, 6.45) is 4.95. The highest BCUT2D eigenvalue weighted by atomic mass is 16.6. The van der Waals surface area contributed by atoms with Crippen LogP contribution in [0.5, 0.6) is 0 Å². The Morgan fingerprint density at radius 1 is 1.26 bits per heavy atom. The van der Waals surface area contributed by atoms with Crippen LogP contribution in [0.1, 0.15) is 45.1 Å². The lowest BCUT2D eigenvalue weighted by Crippen LogP contribution is -2.58. The monoisotopic (exact) mass is 524 g/mol. The van der Waals surface area contributed by atoms with Crippen molar-refractivity contribution >= 4 is 17.8 Å². The summed E-state index contributed by atoms with van der Waals surface area (Å²) in [5.41, 5.74) is -0.185. The van der Waals surface area contributed by atoms with Crippen LogP contribution in [0, 0.1) is 17.8 Å². The SMILES string of the molecule is C=CCCOC(=O)[C@@H]1[C@@H]2CCC3(O2)C(C(=O)N(CC=C)Cc2ccccc2)N([C@@H](CO)CC(C)C)C(=O)[C@H]13. The number of carbonyl (C=O) groups excluding carboxylic acids is 3. The molecule has 3 saturated heterocycles. The van der Waals surface area contributed by atoms with Crippen LogP contribution in [-0.4, -0.2) is 76.2 Å². The van der Waals surface area contributed by atoms with E-state index in [9.17, 15) is 19.5 Å². The largest absolute Gasteiger partial charge is 0.465 e. The van der Waals surface area contributed by atoms with Crippen LogP contribution in [0.15, 0.2) is 55.6 Å². The van der Waals surface area contributed by atoms with E-state index in [-0.39, 0.29) is 37.5 Å². The van der Waals surface area contributed by atoms with Crippen LogP contribution in [0.3, 0.4) is 0 Å². The molecule has 38 heavy (non-hydrogen) atoms. The third-order valence-corrected chi connectivity index (χ3v) is 8.04.